The zero-order valence-corrected chi connectivity index (χ0v) is 8.34. The van der Waals surface area contributed by atoms with Crippen LogP contribution in [-0.4, -0.2) is 31.6 Å². The zero-order valence-electron chi connectivity index (χ0n) is 7.52. The third-order valence-corrected chi connectivity index (χ3v) is 2.57. The van der Waals surface area contributed by atoms with Gasteiger partial charge in [0.15, 0.2) is 5.16 Å². The van der Waals surface area contributed by atoms with Gasteiger partial charge in [0.1, 0.15) is 5.82 Å². The van der Waals surface area contributed by atoms with E-state index in [1.807, 2.05) is 18.5 Å². The first-order valence-electron chi connectivity index (χ1n) is 3.88. The third-order valence-electron chi connectivity index (χ3n) is 1.57. The maximum Gasteiger partial charge on any atom is 0.313 e. The molecule has 0 atom stereocenters. The van der Waals surface area contributed by atoms with Gasteiger partial charge in [-0.2, -0.15) is 0 Å². The van der Waals surface area contributed by atoms with Gasteiger partial charge in [0.2, 0.25) is 0 Å². The van der Waals surface area contributed by atoms with Gasteiger partial charge in [-0.05, 0) is 0 Å². The predicted molar refractivity (Wildman–Crippen MR) is 48.7 cm³/mol. The fourth-order valence-corrected chi connectivity index (χ4v) is 1.56. The monoisotopic (exact) mass is 201 g/mol. The van der Waals surface area contributed by atoms with E-state index < -0.39 is 5.97 Å². The number of aromatic nitrogens is 3. The normalized spacial score (nSPS) is 10.3. The molecule has 1 aromatic heterocycles. The Kier molecular flexibility index (Phi) is 3.30. The van der Waals surface area contributed by atoms with Crippen molar-refractivity contribution in [3.05, 3.63) is 5.82 Å². The Morgan fingerprint density at radius 3 is 2.77 bits per heavy atom. The van der Waals surface area contributed by atoms with Crippen LogP contribution in [0.15, 0.2) is 5.16 Å². The molecular formula is C7H11N3O2S. The van der Waals surface area contributed by atoms with Crippen LogP contribution < -0.4 is 0 Å². The molecule has 0 fully saturated rings. The van der Waals surface area contributed by atoms with Gasteiger partial charge in [-0.1, -0.05) is 18.7 Å². The van der Waals surface area contributed by atoms with Crippen LogP contribution in [0.5, 0.6) is 0 Å². The lowest BCUT2D eigenvalue weighted by molar-refractivity contribution is -0.133. The Morgan fingerprint density at radius 2 is 2.31 bits per heavy atom. The van der Waals surface area contributed by atoms with Crippen LogP contribution >= 0.6 is 11.8 Å². The molecule has 0 aliphatic heterocycles. The predicted octanol–water partition coefficient (Wildman–Crippen LogP) is 0.554. The molecule has 13 heavy (non-hydrogen) atoms. The summed E-state index contributed by atoms with van der Waals surface area (Å²) in [4.78, 5) is 10.3. The summed E-state index contributed by atoms with van der Waals surface area (Å²) in [6.45, 7) is 1.98. The number of carboxylic acids is 1. The molecule has 0 spiro atoms. The minimum absolute atomic E-state index is 0.0235. The largest absolute Gasteiger partial charge is 0.481 e. The average Bonchev–Trinajstić information content (AvgIpc) is 2.43. The van der Waals surface area contributed by atoms with E-state index in [9.17, 15) is 4.79 Å². The van der Waals surface area contributed by atoms with Crippen LogP contribution in [0.1, 0.15) is 12.7 Å². The number of hydrogen-bond donors (Lipinski definition) is 1. The van der Waals surface area contributed by atoms with Crippen molar-refractivity contribution in [3.63, 3.8) is 0 Å². The smallest absolute Gasteiger partial charge is 0.313 e. The van der Waals surface area contributed by atoms with E-state index in [0.717, 1.165) is 12.2 Å². The highest BCUT2D eigenvalue weighted by molar-refractivity contribution is 7.99. The number of rotatable bonds is 4. The lowest BCUT2D eigenvalue weighted by Crippen LogP contribution is -2.01. The molecule has 1 heterocycles. The van der Waals surface area contributed by atoms with E-state index in [2.05, 4.69) is 10.2 Å². The number of carbonyl (C=O) groups is 1. The SMILES string of the molecule is CCc1nnc(SCC(=O)O)n1C. The Hall–Kier alpha value is -1.04. The van der Waals surface area contributed by atoms with Crippen molar-refractivity contribution in [2.24, 2.45) is 7.05 Å². The number of nitrogens with zero attached hydrogens (tertiary/aromatic N) is 3. The van der Waals surface area contributed by atoms with Crippen LogP contribution in [-0.2, 0) is 18.3 Å². The highest BCUT2D eigenvalue weighted by Gasteiger charge is 2.08. The number of hydrogen-bond acceptors (Lipinski definition) is 4. The van der Waals surface area contributed by atoms with E-state index in [1.165, 1.54) is 11.8 Å². The first-order chi connectivity index (χ1) is 6.15. The number of thioether (sulfide) groups is 1. The number of aliphatic carboxylic acids is 1. The van der Waals surface area contributed by atoms with Gasteiger partial charge in [0.05, 0.1) is 5.75 Å². The van der Waals surface area contributed by atoms with Gasteiger partial charge in [0.25, 0.3) is 0 Å². The highest BCUT2D eigenvalue weighted by Crippen LogP contribution is 2.14. The Balaban J connectivity index is 2.67. The van der Waals surface area contributed by atoms with E-state index in [1.54, 1.807) is 0 Å². The van der Waals surface area contributed by atoms with Gasteiger partial charge in [-0.3, -0.25) is 4.79 Å². The fourth-order valence-electron chi connectivity index (χ4n) is 0.905. The summed E-state index contributed by atoms with van der Waals surface area (Å²) in [5, 5.41) is 16.9. The first-order valence-corrected chi connectivity index (χ1v) is 4.86. The summed E-state index contributed by atoms with van der Waals surface area (Å²) >= 11 is 1.18. The molecule has 0 aliphatic rings. The molecule has 0 aliphatic carbocycles. The number of carboxylic acid groups (broad SMARTS) is 1. The zero-order chi connectivity index (χ0) is 9.84. The summed E-state index contributed by atoms with van der Waals surface area (Å²) in [5.41, 5.74) is 0. The van der Waals surface area contributed by atoms with Crippen LogP contribution in [0.25, 0.3) is 0 Å². The highest BCUT2D eigenvalue weighted by atomic mass is 32.2. The van der Waals surface area contributed by atoms with Crippen LogP contribution in [0, 0.1) is 0 Å². The molecule has 0 radical (unpaired) electrons. The van der Waals surface area contributed by atoms with Gasteiger partial charge in [0, 0.05) is 13.5 Å². The summed E-state index contributed by atoms with van der Waals surface area (Å²) in [7, 11) is 1.84. The van der Waals surface area contributed by atoms with Crippen LogP contribution in [0.3, 0.4) is 0 Å². The molecule has 0 saturated carbocycles. The van der Waals surface area contributed by atoms with Crippen molar-refractivity contribution in [2.75, 3.05) is 5.75 Å². The minimum Gasteiger partial charge on any atom is -0.481 e. The second kappa shape index (κ2) is 4.27. The van der Waals surface area contributed by atoms with E-state index >= 15 is 0 Å². The summed E-state index contributed by atoms with van der Waals surface area (Å²) < 4.78 is 1.81. The first kappa shape index (κ1) is 10.0. The van der Waals surface area contributed by atoms with Crippen molar-refractivity contribution in [3.8, 4) is 0 Å². The molecule has 72 valence electrons. The summed E-state index contributed by atoms with van der Waals surface area (Å²) in [6, 6.07) is 0. The molecule has 5 nitrogen and oxygen atoms in total. The lowest BCUT2D eigenvalue weighted by atomic mass is 10.5. The molecule has 0 saturated heterocycles. The number of aryl methyl sites for hydroxylation is 1. The van der Waals surface area contributed by atoms with Crippen molar-refractivity contribution in [1.82, 2.24) is 14.8 Å². The fraction of sp³-hybridized carbons (Fsp3) is 0.571. The second-order valence-electron chi connectivity index (χ2n) is 2.49. The lowest BCUT2D eigenvalue weighted by Gasteiger charge is -1.99. The molecule has 1 N–H and O–H groups in total. The molecular weight excluding hydrogens is 190 g/mol. The Bertz CT molecular complexity index is 311. The molecule has 0 unspecified atom stereocenters. The van der Waals surface area contributed by atoms with Crippen molar-refractivity contribution in [1.29, 1.82) is 0 Å². The molecule has 1 aromatic rings. The van der Waals surface area contributed by atoms with Gasteiger partial charge in [-0.25, -0.2) is 0 Å². The molecule has 0 amide bonds. The van der Waals surface area contributed by atoms with Crippen LogP contribution in [0.2, 0.25) is 0 Å². The van der Waals surface area contributed by atoms with Crippen molar-refractivity contribution >= 4 is 17.7 Å². The topological polar surface area (TPSA) is 68.0 Å². The quantitative estimate of drug-likeness (QED) is 0.721. The maximum absolute atomic E-state index is 10.3. The molecule has 1 rings (SSSR count). The second-order valence-corrected chi connectivity index (χ2v) is 3.44. The Labute approximate surface area is 80.2 Å². The standard InChI is InChI=1S/C7H11N3O2S/c1-3-5-8-9-7(10(5)2)13-4-6(11)12/h3-4H2,1-2H3,(H,11,12). The minimum atomic E-state index is -0.842. The maximum atomic E-state index is 10.3. The summed E-state index contributed by atoms with van der Waals surface area (Å²) in [5.74, 6) is 0.0503. The van der Waals surface area contributed by atoms with Crippen molar-refractivity contribution < 1.29 is 9.90 Å². The average molecular weight is 201 g/mol. The van der Waals surface area contributed by atoms with E-state index in [-0.39, 0.29) is 5.75 Å². The van der Waals surface area contributed by atoms with Crippen molar-refractivity contribution in [2.45, 2.75) is 18.5 Å². The van der Waals surface area contributed by atoms with Gasteiger partial charge < -0.3 is 9.67 Å². The van der Waals surface area contributed by atoms with Crippen LogP contribution in [0.4, 0.5) is 0 Å². The van der Waals surface area contributed by atoms with Gasteiger partial charge >= 0.3 is 5.97 Å². The Morgan fingerprint density at radius 1 is 1.62 bits per heavy atom. The third kappa shape index (κ3) is 2.45. The van der Waals surface area contributed by atoms with Gasteiger partial charge in [-0.15, -0.1) is 10.2 Å². The molecule has 0 bridgehead atoms. The molecule has 0 aromatic carbocycles. The molecule has 6 heteroatoms. The summed E-state index contributed by atoms with van der Waals surface area (Å²) in [6.07, 6.45) is 0.803. The van der Waals surface area contributed by atoms with E-state index in [4.69, 9.17) is 5.11 Å². The van der Waals surface area contributed by atoms with E-state index in [0.29, 0.717) is 5.16 Å².